The minimum absolute atomic E-state index is 0.112. The zero-order chi connectivity index (χ0) is 21.3. The first-order valence-corrected chi connectivity index (χ1v) is 10.7. The van der Waals surface area contributed by atoms with Crippen molar-refractivity contribution in [3.8, 4) is 0 Å². The second-order valence-corrected chi connectivity index (χ2v) is 8.59. The van der Waals surface area contributed by atoms with Gasteiger partial charge in [0.1, 0.15) is 5.65 Å². The lowest BCUT2D eigenvalue weighted by Gasteiger charge is -2.34. The third-order valence-corrected chi connectivity index (χ3v) is 6.11. The van der Waals surface area contributed by atoms with Crippen LogP contribution in [0.2, 0.25) is 5.02 Å². The number of aromatic nitrogens is 2. The number of pyridine rings is 1. The first kappa shape index (κ1) is 20.8. The summed E-state index contributed by atoms with van der Waals surface area (Å²) in [6, 6.07) is 13.5. The zero-order valence-electron chi connectivity index (χ0n) is 17.3. The maximum Gasteiger partial charge on any atom is 0.273 e. The summed E-state index contributed by atoms with van der Waals surface area (Å²) in [6.07, 6.45) is 3.20. The molecular formula is C23H27ClN4O2. The van der Waals surface area contributed by atoms with Gasteiger partial charge >= 0.3 is 0 Å². The van der Waals surface area contributed by atoms with Crippen LogP contribution >= 0.6 is 11.6 Å². The molecule has 0 aliphatic carbocycles. The van der Waals surface area contributed by atoms with Crippen LogP contribution < -0.4 is 0 Å². The van der Waals surface area contributed by atoms with E-state index in [1.54, 1.807) is 25.1 Å². The van der Waals surface area contributed by atoms with E-state index in [0.717, 1.165) is 37.2 Å². The van der Waals surface area contributed by atoms with E-state index in [0.29, 0.717) is 22.9 Å². The summed E-state index contributed by atoms with van der Waals surface area (Å²) >= 11 is 6.21. The van der Waals surface area contributed by atoms with Crippen LogP contribution in [0, 0.1) is 5.92 Å². The number of hydrogen-bond donors (Lipinski definition) is 1. The Hall–Kier alpha value is -2.41. The highest BCUT2D eigenvalue weighted by Gasteiger charge is 2.28. The number of aliphatic hydroxyl groups is 1. The number of benzene rings is 1. The molecule has 2 aromatic heterocycles. The fraction of sp³-hybridized carbons (Fsp3) is 0.391. The molecule has 7 heteroatoms. The van der Waals surface area contributed by atoms with Gasteiger partial charge in [0.25, 0.3) is 5.91 Å². The maximum atomic E-state index is 12.7. The number of carbonyl (C=O) groups excluding carboxylic acids is 1. The van der Waals surface area contributed by atoms with E-state index in [1.165, 1.54) is 0 Å². The highest BCUT2D eigenvalue weighted by molar-refractivity contribution is 6.30. The molecule has 30 heavy (non-hydrogen) atoms. The number of carbonyl (C=O) groups is 1. The molecule has 3 aromatic rings. The van der Waals surface area contributed by atoms with Crippen molar-refractivity contribution >= 4 is 23.2 Å². The smallest absolute Gasteiger partial charge is 0.273 e. The molecule has 158 valence electrons. The molecule has 0 bridgehead atoms. The van der Waals surface area contributed by atoms with Gasteiger partial charge in [-0.15, -0.1) is 0 Å². The van der Waals surface area contributed by atoms with Crippen molar-refractivity contribution in [3.05, 3.63) is 70.6 Å². The summed E-state index contributed by atoms with van der Waals surface area (Å²) in [7, 11) is 3.47. The van der Waals surface area contributed by atoms with Gasteiger partial charge in [0.05, 0.1) is 16.8 Å². The Kier molecular flexibility index (Phi) is 6.09. The number of piperidine rings is 1. The number of imidazole rings is 1. The lowest BCUT2D eigenvalue weighted by molar-refractivity contribution is 0.0561. The topological polar surface area (TPSA) is 61.1 Å². The van der Waals surface area contributed by atoms with Gasteiger partial charge in [0.2, 0.25) is 0 Å². The molecule has 0 saturated carbocycles. The predicted molar refractivity (Wildman–Crippen MR) is 118 cm³/mol. The maximum absolute atomic E-state index is 12.7. The van der Waals surface area contributed by atoms with Crippen molar-refractivity contribution in [2.45, 2.75) is 25.5 Å². The van der Waals surface area contributed by atoms with Crippen molar-refractivity contribution in [2.75, 3.05) is 27.2 Å². The second kappa shape index (κ2) is 8.76. The number of likely N-dealkylation sites (tertiary alicyclic amines) is 1. The van der Waals surface area contributed by atoms with E-state index in [2.05, 4.69) is 9.88 Å². The fourth-order valence-electron chi connectivity index (χ4n) is 4.16. The molecule has 1 aliphatic heterocycles. The lowest BCUT2D eigenvalue weighted by atomic mass is 9.87. The van der Waals surface area contributed by atoms with Crippen molar-refractivity contribution in [1.82, 2.24) is 19.2 Å². The molecule has 0 spiro atoms. The van der Waals surface area contributed by atoms with E-state index in [4.69, 9.17) is 11.6 Å². The number of amides is 1. The summed E-state index contributed by atoms with van der Waals surface area (Å²) < 4.78 is 1.92. The zero-order valence-corrected chi connectivity index (χ0v) is 18.1. The predicted octanol–water partition coefficient (Wildman–Crippen LogP) is 3.64. The average molecular weight is 427 g/mol. The summed E-state index contributed by atoms with van der Waals surface area (Å²) in [6.45, 7) is 2.33. The first-order chi connectivity index (χ1) is 14.4. The van der Waals surface area contributed by atoms with Crippen LogP contribution in [0.1, 0.15) is 40.7 Å². The van der Waals surface area contributed by atoms with E-state index in [-0.39, 0.29) is 11.8 Å². The largest absolute Gasteiger partial charge is 0.388 e. The fourth-order valence-corrected chi connectivity index (χ4v) is 4.32. The van der Waals surface area contributed by atoms with Crippen LogP contribution in [-0.2, 0) is 6.54 Å². The van der Waals surface area contributed by atoms with E-state index >= 15 is 0 Å². The van der Waals surface area contributed by atoms with Gasteiger partial charge in [0.15, 0.2) is 5.69 Å². The molecule has 6 nitrogen and oxygen atoms in total. The third kappa shape index (κ3) is 4.21. The lowest BCUT2D eigenvalue weighted by Crippen LogP contribution is -2.36. The van der Waals surface area contributed by atoms with Gasteiger partial charge in [0, 0.05) is 26.8 Å². The standard InChI is InChI=1S/C23H27ClN4O2/c1-26(2)23(30)21-19(28-14-18(24)8-9-20(28)25-21)15-27-12-10-17(11-13-27)22(29)16-6-4-3-5-7-16/h3-9,14,17,22,29H,10-13,15H2,1-2H3. The van der Waals surface area contributed by atoms with Crippen molar-refractivity contribution in [3.63, 3.8) is 0 Å². The number of nitrogens with zero attached hydrogens (tertiary/aromatic N) is 4. The minimum atomic E-state index is -0.436. The van der Waals surface area contributed by atoms with Crippen LogP contribution in [0.3, 0.4) is 0 Å². The van der Waals surface area contributed by atoms with Crippen LogP contribution in [0.25, 0.3) is 5.65 Å². The highest BCUT2D eigenvalue weighted by Crippen LogP contribution is 2.31. The Morgan fingerprint density at radius 3 is 2.57 bits per heavy atom. The first-order valence-electron chi connectivity index (χ1n) is 10.3. The van der Waals surface area contributed by atoms with Crippen molar-refractivity contribution in [1.29, 1.82) is 0 Å². The normalized spacial score (nSPS) is 16.7. The molecule has 3 heterocycles. The van der Waals surface area contributed by atoms with Gasteiger partial charge in [-0.2, -0.15) is 0 Å². The van der Waals surface area contributed by atoms with Crippen LogP contribution in [0.5, 0.6) is 0 Å². The molecule has 1 aliphatic rings. The molecule has 1 aromatic carbocycles. The number of fused-ring (bicyclic) bond motifs is 1. The van der Waals surface area contributed by atoms with Gasteiger partial charge in [-0.25, -0.2) is 4.98 Å². The number of hydrogen-bond acceptors (Lipinski definition) is 4. The summed E-state index contributed by atoms with van der Waals surface area (Å²) in [4.78, 5) is 21.2. The molecule has 1 atom stereocenters. The van der Waals surface area contributed by atoms with E-state index in [9.17, 15) is 9.90 Å². The Morgan fingerprint density at radius 2 is 1.90 bits per heavy atom. The monoisotopic (exact) mass is 426 g/mol. The molecule has 4 rings (SSSR count). The van der Waals surface area contributed by atoms with E-state index in [1.807, 2.05) is 47.0 Å². The molecular weight excluding hydrogens is 400 g/mol. The van der Waals surface area contributed by atoms with Crippen LogP contribution in [0.15, 0.2) is 48.7 Å². The van der Waals surface area contributed by atoms with E-state index < -0.39 is 6.10 Å². The molecule has 1 N–H and O–H groups in total. The van der Waals surface area contributed by atoms with Gasteiger partial charge in [-0.1, -0.05) is 41.9 Å². The van der Waals surface area contributed by atoms with Gasteiger partial charge in [-0.3, -0.25) is 9.69 Å². The number of rotatable bonds is 5. The third-order valence-electron chi connectivity index (χ3n) is 5.88. The van der Waals surface area contributed by atoms with Crippen LogP contribution in [0.4, 0.5) is 0 Å². The summed E-state index contributed by atoms with van der Waals surface area (Å²) in [5, 5.41) is 11.3. The quantitative estimate of drug-likeness (QED) is 0.676. The Morgan fingerprint density at radius 1 is 1.20 bits per heavy atom. The summed E-state index contributed by atoms with van der Waals surface area (Å²) in [5.74, 6) is 0.127. The molecule has 0 radical (unpaired) electrons. The van der Waals surface area contributed by atoms with Crippen molar-refractivity contribution in [2.24, 2.45) is 5.92 Å². The summed E-state index contributed by atoms with van der Waals surface area (Å²) in [5.41, 5.74) is 3.02. The van der Waals surface area contributed by atoms with Crippen LogP contribution in [-0.4, -0.2) is 57.4 Å². The van der Waals surface area contributed by atoms with Gasteiger partial charge < -0.3 is 14.4 Å². The Labute approximate surface area is 181 Å². The minimum Gasteiger partial charge on any atom is -0.388 e. The Bertz CT molecular complexity index is 1030. The Balaban J connectivity index is 1.52. The highest BCUT2D eigenvalue weighted by atomic mass is 35.5. The average Bonchev–Trinajstić information content (AvgIpc) is 3.11. The number of aliphatic hydroxyl groups excluding tert-OH is 1. The molecule has 1 unspecified atom stereocenters. The molecule has 1 fully saturated rings. The second-order valence-electron chi connectivity index (χ2n) is 8.15. The molecule has 1 amide bonds. The van der Waals surface area contributed by atoms with Crippen molar-refractivity contribution < 1.29 is 9.90 Å². The molecule has 1 saturated heterocycles. The SMILES string of the molecule is CN(C)C(=O)c1nc2ccc(Cl)cn2c1CN1CCC(C(O)c2ccccc2)CC1. The van der Waals surface area contributed by atoms with Gasteiger partial charge in [-0.05, 0) is 49.5 Å². The number of halogens is 1.